The minimum Gasteiger partial charge on any atom is -0.443 e. The van der Waals surface area contributed by atoms with Crippen molar-refractivity contribution in [3.8, 4) is 0 Å². The second kappa shape index (κ2) is 9.88. The Balaban J connectivity index is 0.00000338. The highest BCUT2D eigenvalue weighted by molar-refractivity contribution is 14.0. The lowest BCUT2D eigenvalue weighted by Crippen LogP contribution is -2.45. The van der Waals surface area contributed by atoms with Crippen molar-refractivity contribution >= 4 is 39.8 Å². The molecule has 2 rings (SSSR count). The van der Waals surface area contributed by atoms with Gasteiger partial charge in [0.25, 0.3) is 0 Å². The Labute approximate surface area is 173 Å². The van der Waals surface area contributed by atoms with Gasteiger partial charge < -0.3 is 15.1 Å². The second-order valence-corrected chi connectivity index (χ2v) is 9.52. The molecule has 26 heavy (non-hydrogen) atoms. The molecule has 150 valence electrons. The third-order valence-electron chi connectivity index (χ3n) is 4.08. The minimum absolute atomic E-state index is 0. The number of guanidine groups is 1. The summed E-state index contributed by atoms with van der Waals surface area (Å²) in [6.45, 7) is 9.37. The van der Waals surface area contributed by atoms with Crippen molar-refractivity contribution in [1.82, 2.24) is 20.5 Å². The van der Waals surface area contributed by atoms with Crippen molar-refractivity contribution in [2.45, 2.75) is 32.7 Å². The van der Waals surface area contributed by atoms with E-state index in [1.165, 1.54) is 0 Å². The molecule has 1 aliphatic heterocycles. The lowest BCUT2D eigenvalue weighted by Gasteiger charge is -2.26. The summed E-state index contributed by atoms with van der Waals surface area (Å²) in [6.07, 6.45) is 1.76. The molecule has 1 aliphatic rings. The molecular weight excluding hydrogens is 469 g/mol. The van der Waals surface area contributed by atoms with Crippen molar-refractivity contribution in [3.63, 3.8) is 0 Å². The Kier molecular flexibility index (Phi) is 8.80. The van der Waals surface area contributed by atoms with Crippen LogP contribution in [0.4, 0.5) is 0 Å². The van der Waals surface area contributed by atoms with E-state index in [0.29, 0.717) is 38.0 Å². The number of nitrogens with one attached hydrogen (secondary N) is 2. The van der Waals surface area contributed by atoms with Crippen LogP contribution in [0, 0.1) is 0 Å². The van der Waals surface area contributed by atoms with E-state index >= 15 is 0 Å². The molecule has 0 atom stereocenters. The van der Waals surface area contributed by atoms with E-state index in [2.05, 4.69) is 46.3 Å². The average molecular weight is 499 g/mol. The zero-order valence-corrected chi connectivity index (χ0v) is 19.1. The Bertz CT molecular complexity index is 683. The van der Waals surface area contributed by atoms with E-state index in [0.717, 1.165) is 12.3 Å². The van der Waals surface area contributed by atoms with Crippen LogP contribution < -0.4 is 10.6 Å². The molecule has 2 heterocycles. The highest BCUT2D eigenvalue weighted by atomic mass is 127. The normalized spacial score (nSPS) is 18.2. The SMILES string of the molecule is CN=C(NCCN1CCS(=O)(=O)CC1)NCc1ncc(C(C)(C)C)o1.I. The fourth-order valence-electron chi connectivity index (χ4n) is 2.42. The minimum atomic E-state index is -2.83. The molecule has 2 N–H and O–H groups in total. The van der Waals surface area contributed by atoms with Gasteiger partial charge in [0, 0.05) is 38.6 Å². The van der Waals surface area contributed by atoms with Crippen molar-refractivity contribution in [3.05, 3.63) is 17.8 Å². The maximum Gasteiger partial charge on any atom is 0.213 e. The molecule has 0 bridgehead atoms. The topological polar surface area (TPSA) is 99.8 Å². The first-order chi connectivity index (χ1) is 11.7. The first-order valence-electron chi connectivity index (χ1n) is 8.52. The zero-order valence-electron chi connectivity index (χ0n) is 15.9. The van der Waals surface area contributed by atoms with Gasteiger partial charge in [-0.3, -0.25) is 9.89 Å². The van der Waals surface area contributed by atoms with Crippen LogP contribution in [-0.2, 0) is 21.8 Å². The quantitative estimate of drug-likeness (QED) is 0.354. The Morgan fingerprint density at radius 1 is 1.31 bits per heavy atom. The summed E-state index contributed by atoms with van der Waals surface area (Å²) in [7, 11) is -1.12. The molecule has 0 saturated carbocycles. The van der Waals surface area contributed by atoms with Crippen LogP contribution >= 0.6 is 24.0 Å². The number of sulfone groups is 1. The summed E-state index contributed by atoms with van der Waals surface area (Å²) in [5.74, 6) is 2.64. The van der Waals surface area contributed by atoms with E-state index in [1.807, 2.05) is 0 Å². The molecule has 0 aromatic carbocycles. The Morgan fingerprint density at radius 2 is 1.96 bits per heavy atom. The van der Waals surface area contributed by atoms with Crippen LogP contribution in [0.1, 0.15) is 32.4 Å². The maximum absolute atomic E-state index is 11.4. The molecule has 10 heteroatoms. The molecule has 0 radical (unpaired) electrons. The number of aromatic nitrogens is 1. The van der Waals surface area contributed by atoms with Crippen LogP contribution in [0.2, 0.25) is 0 Å². The van der Waals surface area contributed by atoms with Crippen LogP contribution in [0.3, 0.4) is 0 Å². The lowest BCUT2D eigenvalue weighted by molar-refractivity contribution is 0.299. The summed E-state index contributed by atoms with van der Waals surface area (Å²) in [6, 6.07) is 0. The molecule has 1 fully saturated rings. The summed E-state index contributed by atoms with van der Waals surface area (Å²) < 4.78 is 28.6. The largest absolute Gasteiger partial charge is 0.443 e. The molecule has 0 unspecified atom stereocenters. The third-order valence-corrected chi connectivity index (χ3v) is 5.69. The van der Waals surface area contributed by atoms with Crippen LogP contribution in [0.25, 0.3) is 0 Å². The Morgan fingerprint density at radius 3 is 2.50 bits per heavy atom. The smallest absolute Gasteiger partial charge is 0.213 e. The number of oxazole rings is 1. The monoisotopic (exact) mass is 499 g/mol. The molecule has 0 aliphatic carbocycles. The van der Waals surface area contributed by atoms with Gasteiger partial charge in [0.15, 0.2) is 15.8 Å². The molecule has 1 saturated heterocycles. The van der Waals surface area contributed by atoms with Crippen molar-refractivity contribution in [2.24, 2.45) is 4.99 Å². The number of hydrogen-bond acceptors (Lipinski definition) is 6. The summed E-state index contributed by atoms with van der Waals surface area (Å²) >= 11 is 0. The lowest BCUT2D eigenvalue weighted by atomic mass is 9.94. The van der Waals surface area contributed by atoms with Gasteiger partial charge in [0.05, 0.1) is 24.2 Å². The van der Waals surface area contributed by atoms with E-state index in [9.17, 15) is 8.42 Å². The van der Waals surface area contributed by atoms with Crippen LogP contribution in [-0.4, -0.2) is 69.0 Å². The fourth-order valence-corrected chi connectivity index (χ4v) is 3.70. The maximum atomic E-state index is 11.4. The van der Waals surface area contributed by atoms with Gasteiger partial charge in [-0.05, 0) is 0 Å². The average Bonchev–Trinajstić information content (AvgIpc) is 3.01. The van der Waals surface area contributed by atoms with Crippen molar-refractivity contribution in [1.29, 1.82) is 0 Å². The third kappa shape index (κ3) is 7.39. The van der Waals surface area contributed by atoms with E-state index in [-0.39, 0.29) is 40.9 Å². The molecular formula is C16H30IN5O3S. The first kappa shape index (κ1) is 23.2. The number of nitrogens with zero attached hydrogens (tertiary/aromatic N) is 3. The highest BCUT2D eigenvalue weighted by Crippen LogP contribution is 2.22. The standard InChI is InChI=1S/C16H29N5O3S.HI/c1-16(2,3)13-11-19-14(24-13)12-20-15(17-4)18-5-6-21-7-9-25(22,23)10-8-21;/h11H,5-10,12H2,1-4H3,(H2,17,18,20);1H. The number of hydrogen-bond donors (Lipinski definition) is 2. The molecule has 8 nitrogen and oxygen atoms in total. The van der Waals surface area contributed by atoms with Gasteiger partial charge in [-0.2, -0.15) is 0 Å². The van der Waals surface area contributed by atoms with Gasteiger partial charge in [-0.1, -0.05) is 20.8 Å². The second-order valence-electron chi connectivity index (χ2n) is 7.21. The van der Waals surface area contributed by atoms with Gasteiger partial charge in [0.1, 0.15) is 5.76 Å². The number of rotatable bonds is 5. The summed E-state index contributed by atoms with van der Waals surface area (Å²) in [4.78, 5) is 10.6. The molecule has 0 spiro atoms. The summed E-state index contributed by atoms with van der Waals surface area (Å²) in [5, 5.41) is 6.39. The van der Waals surface area contributed by atoms with E-state index in [4.69, 9.17) is 4.42 Å². The van der Waals surface area contributed by atoms with Gasteiger partial charge in [-0.25, -0.2) is 13.4 Å². The fraction of sp³-hybridized carbons (Fsp3) is 0.750. The van der Waals surface area contributed by atoms with Gasteiger partial charge in [0.2, 0.25) is 5.89 Å². The highest BCUT2D eigenvalue weighted by Gasteiger charge is 2.21. The van der Waals surface area contributed by atoms with Crippen LogP contribution in [0.15, 0.2) is 15.6 Å². The summed E-state index contributed by atoms with van der Waals surface area (Å²) in [5.41, 5.74) is -0.0624. The van der Waals surface area contributed by atoms with Gasteiger partial charge >= 0.3 is 0 Å². The van der Waals surface area contributed by atoms with Crippen molar-refractivity contribution in [2.75, 3.05) is 44.7 Å². The zero-order chi connectivity index (χ0) is 18.5. The molecule has 1 aromatic heterocycles. The molecule has 0 amide bonds. The van der Waals surface area contributed by atoms with Crippen LogP contribution in [0.5, 0.6) is 0 Å². The number of aliphatic imine (C=N–C) groups is 1. The number of halogens is 1. The first-order valence-corrected chi connectivity index (χ1v) is 10.3. The Hall–Kier alpha value is -0.880. The molecule has 1 aromatic rings. The van der Waals surface area contributed by atoms with E-state index < -0.39 is 9.84 Å². The van der Waals surface area contributed by atoms with Gasteiger partial charge in [-0.15, -0.1) is 24.0 Å². The predicted octanol–water partition coefficient (Wildman–Crippen LogP) is 0.986. The van der Waals surface area contributed by atoms with Crippen molar-refractivity contribution < 1.29 is 12.8 Å². The predicted molar refractivity (Wildman–Crippen MR) is 114 cm³/mol. The van der Waals surface area contributed by atoms with E-state index in [1.54, 1.807) is 13.2 Å².